The van der Waals surface area contributed by atoms with Crippen molar-refractivity contribution in [3.05, 3.63) is 65.4 Å². The van der Waals surface area contributed by atoms with Gasteiger partial charge in [-0.25, -0.2) is 8.42 Å². The number of nitrogens with zero attached hydrogens (tertiary/aromatic N) is 2. The van der Waals surface area contributed by atoms with Gasteiger partial charge in [0.25, 0.3) is 5.91 Å². The summed E-state index contributed by atoms with van der Waals surface area (Å²) in [6.07, 6.45) is 5.23. The number of hydrogen-bond donors (Lipinski definition) is 3. The van der Waals surface area contributed by atoms with Gasteiger partial charge in [-0.1, -0.05) is 43.7 Å². The highest BCUT2D eigenvalue weighted by molar-refractivity contribution is 7.92. The molecule has 3 heterocycles. The van der Waals surface area contributed by atoms with E-state index in [1.54, 1.807) is 6.07 Å². The average Bonchev–Trinajstić information content (AvgIpc) is 3.28. The SMILES string of the molecule is CCCc1cn2c3c(cc(C(=O)N[C@@H](Cc4ccccc4)[C@H](O)CNC4CCOCC4)cc13)N(CC)S(=O)(=O)CC2. The van der Waals surface area contributed by atoms with Crippen LogP contribution in [0.15, 0.2) is 48.7 Å². The molecule has 1 saturated heterocycles. The van der Waals surface area contributed by atoms with Crippen LogP contribution in [0.3, 0.4) is 0 Å². The Bertz CT molecular complexity index is 1450. The minimum Gasteiger partial charge on any atom is -0.390 e. The molecule has 0 saturated carbocycles. The molecule has 222 valence electrons. The largest absolute Gasteiger partial charge is 0.390 e. The maximum Gasteiger partial charge on any atom is 0.251 e. The summed E-state index contributed by atoms with van der Waals surface area (Å²) >= 11 is 0. The lowest BCUT2D eigenvalue weighted by Gasteiger charge is -2.29. The first-order valence-corrected chi connectivity index (χ1v) is 16.4. The number of nitrogens with one attached hydrogen (secondary N) is 2. The van der Waals surface area contributed by atoms with E-state index in [-0.39, 0.29) is 24.2 Å². The lowest BCUT2D eigenvalue weighted by Crippen LogP contribution is -2.50. The maximum atomic E-state index is 13.9. The van der Waals surface area contributed by atoms with Crippen LogP contribution in [0.4, 0.5) is 5.69 Å². The molecule has 3 aromatic rings. The summed E-state index contributed by atoms with van der Waals surface area (Å²) in [4.78, 5) is 13.9. The van der Waals surface area contributed by atoms with E-state index in [0.29, 0.717) is 44.0 Å². The number of aryl methyl sites for hydroxylation is 2. The fraction of sp³-hybridized carbons (Fsp3) is 0.516. The van der Waals surface area contributed by atoms with E-state index in [1.165, 1.54) is 4.31 Å². The molecule has 1 aromatic heterocycles. The number of anilines is 1. The van der Waals surface area contributed by atoms with Crippen LogP contribution in [0, 0.1) is 0 Å². The highest BCUT2D eigenvalue weighted by Crippen LogP contribution is 2.36. The summed E-state index contributed by atoms with van der Waals surface area (Å²) in [6, 6.07) is 13.1. The van der Waals surface area contributed by atoms with Crippen molar-refractivity contribution < 1.29 is 23.1 Å². The van der Waals surface area contributed by atoms with Crippen LogP contribution in [0.1, 0.15) is 54.6 Å². The molecule has 2 aliphatic heterocycles. The first-order chi connectivity index (χ1) is 19.8. The molecule has 9 nitrogen and oxygen atoms in total. The van der Waals surface area contributed by atoms with Crippen LogP contribution in [0.25, 0.3) is 10.9 Å². The second kappa shape index (κ2) is 12.9. The zero-order valence-electron chi connectivity index (χ0n) is 24.0. The smallest absolute Gasteiger partial charge is 0.251 e. The monoisotopic (exact) mass is 582 g/mol. The third kappa shape index (κ3) is 6.61. The molecular formula is C31H42N4O5S. The Labute approximate surface area is 242 Å². The summed E-state index contributed by atoms with van der Waals surface area (Å²) in [5.74, 6) is -0.320. The van der Waals surface area contributed by atoms with Gasteiger partial charge in [0.15, 0.2) is 0 Å². The van der Waals surface area contributed by atoms with Crippen LogP contribution in [0.2, 0.25) is 0 Å². The number of benzene rings is 2. The van der Waals surface area contributed by atoms with Gasteiger partial charge in [-0.15, -0.1) is 0 Å². The molecule has 0 aliphatic carbocycles. The molecule has 1 amide bonds. The number of aliphatic hydroxyl groups is 1. The van der Waals surface area contributed by atoms with E-state index in [1.807, 2.05) is 54.1 Å². The highest BCUT2D eigenvalue weighted by atomic mass is 32.2. The number of aromatic nitrogens is 1. The van der Waals surface area contributed by atoms with E-state index >= 15 is 0 Å². The quantitative estimate of drug-likeness (QED) is 0.320. The average molecular weight is 583 g/mol. The van der Waals surface area contributed by atoms with Gasteiger partial charge in [0.1, 0.15) is 0 Å². The molecule has 0 radical (unpaired) electrons. The lowest BCUT2D eigenvalue weighted by molar-refractivity contribution is 0.0657. The number of ether oxygens (including phenoxy) is 1. The maximum absolute atomic E-state index is 13.9. The van der Waals surface area contributed by atoms with Gasteiger partial charge in [-0.2, -0.15) is 0 Å². The molecule has 2 atom stereocenters. The first kappa shape index (κ1) is 29.6. The van der Waals surface area contributed by atoms with Crippen molar-refractivity contribution >= 4 is 32.5 Å². The van der Waals surface area contributed by atoms with Gasteiger partial charge < -0.3 is 25.0 Å². The molecule has 10 heteroatoms. The van der Waals surface area contributed by atoms with Crippen LogP contribution in [-0.4, -0.2) is 74.2 Å². The third-order valence-corrected chi connectivity index (χ3v) is 10.0. The summed E-state index contributed by atoms with van der Waals surface area (Å²) in [5.41, 5.74) is 3.90. The van der Waals surface area contributed by atoms with Crippen LogP contribution >= 0.6 is 0 Å². The number of carbonyl (C=O) groups excluding carboxylic acids is 1. The van der Waals surface area contributed by atoms with Gasteiger partial charge in [-0.3, -0.25) is 9.10 Å². The van der Waals surface area contributed by atoms with E-state index in [9.17, 15) is 18.3 Å². The van der Waals surface area contributed by atoms with Gasteiger partial charge >= 0.3 is 0 Å². The van der Waals surface area contributed by atoms with E-state index in [0.717, 1.165) is 47.7 Å². The predicted molar refractivity (Wildman–Crippen MR) is 162 cm³/mol. The van der Waals surface area contributed by atoms with Crippen LogP contribution in [-0.2, 0) is 34.1 Å². The fourth-order valence-electron chi connectivity index (χ4n) is 6.03. The summed E-state index contributed by atoms with van der Waals surface area (Å²) in [5, 5.41) is 18.7. The standard InChI is InChI=1S/C31H42N4O5S/c1-3-8-23-21-34-13-16-41(38,39)35(4-2)28-19-24(18-26(23)30(28)34)31(37)33-27(17-22-9-6-5-7-10-22)29(36)20-32-25-11-14-40-15-12-25/h5-7,9-10,18-19,21,25,27,29,32,36H,3-4,8,11-17,20H2,1-2H3,(H,33,37)/t27-,29+/m0/s1. The van der Waals surface area contributed by atoms with Crippen molar-refractivity contribution in [2.24, 2.45) is 0 Å². The fourth-order valence-corrected chi connectivity index (χ4v) is 7.51. The lowest BCUT2D eigenvalue weighted by atomic mass is 9.99. The zero-order chi connectivity index (χ0) is 29.0. The molecule has 0 bridgehead atoms. The number of hydrogen-bond acceptors (Lipinski definition) is 6. The third-order valence-electron chi connectivity index (χ3n) is 8.21. The predicted octanol–water partition coefficient (Wildman–Crippen LogP) is 3.23. The minimum atomic E-state index is -3.53. The van der Waals surface area contributed by atoms with Gasteiger partial charge in [0, 0.05) is 56.0 Å². The van der Waals surface area contributed by atoms with E-state index in [4.69, 9.17) is 4.74 Å². The second-order valence-corrected chi connectivity index (χ2v) is 13.1. The van der Waals surface area contributed by atoms with Crippen molar-refractivity contribution in [3.8, 4) is 0 Å². The minimum absolute atomic E-state index is 0.0118. The Morgan fingerprint density at radius 1 is 1.15 bits per heavy atom. The Balaban J connectivity index is 1.46. The summed E-state index contributed by atoms with van der Waals surface area (Å²) in [7, 11) is -3.53. The topological polar surface area (TPSA) is 113 Å². The summed E-state index contributed by atoms with van der Waals surface area (Å²) in [6.45, 7) is 6.34. The zero-order valence-corrected chi connectivity index (χ0v) is 24.8. The van der Waals surface area contributed by atoms with E-state index in [2.05, 4.69) is 17.6 Å². The Hall–Kier alpha value is -2.92. The Kier molecular flexibility index (Phi) is 9.33. The van der Waals surface area contributed by atoms with E-state index < -0.39 is 22.2 Å². The molecule has 2 aromatic carbocycles. The van der Waals surface area contributed by atoms with Crippen molar-refractivity contribution in [3.63, 3.8) is 0 Å². The van der Waals surface area contributed by atoms with Crippen molar-refractivity contribution in [2.75, 3.05) is 36.4 Å². The van der Waals surface area contributed by atoms with Crippen LogP contribution < -0.4 is 14.9 Å². The van der Waals surface area contributed by atoms with Gasteiger partial charge in [0.2, 0.25) is 10.0 Å². The Morgan fingerprint density at radius 3 is 2.61 bits per heavy atom. The normalized spacial score (nSPS) is 18.7. The number of carbonyl (C=O) groups is 1. The molecular weight excluding hydrogens is 540 g/mol. The number of amides is 1. The number of aliphatic hydroxyl groups excluding tert-OH is 1. The second-order valence-electron chi connectivity index (χ2n) is 11.1. The van der Waals surface area contributed by atoms with Crippen molar-refractivity contribution in [2.45, 2.75) is 70.7 Å². The first-order valence-electron chi connectivity index (χ1n) is 14.8. The molecule has 3 N–H and O–H groups in total. The molecule has 41 heavy (non-hydrogen) atoms. The summed E-state index contributed by atoms with van der Waals surface area (Å²) < 4.78 is 35.2. The molecule has 2 aliphatic rings. The number of sulfonamides is 1. The van der Waals surface area contributed by atoms with Crippen molar-refractivity contribution in [1.29, 1.82) is 0 Å². The molecule has 1 fully saturated rings. The van der Waals surface area contributed by atoms with Gasteiger partial charge in [0.05, 0.1) is 29.1 Å². The molecule has 0 spiro atoms. The van der Waals surface area contributed by atoms with Crippen LogP contribution in [0.5, 0.6) is 0 Å². The Morgan fingerprint density at radius 2 is 1.90 bits per heavy atom. The van der Waals surface area contributed by atoms with Crippen molar-refractivity contribution in [1.82, 2.24) is 15.2 Å². The number of rotatable bonds is 11. The van der Waals surface area contributed by atoms with Gasteiger partial charge in [-0.05, 0) is 55.9 Å². The highest BCUT2D eigenvalue weighted by Gasteiger charge is 2.31. The molecule has 0 unspecified atom stereocenters. The molecule has 5 rings (SSSR count).